The minimum atomic E-state index is -0.679. The first-order chi connectivity index (χ1) is 10.6. The molecule has 0 aromatic heterocycles. The van der Waals surface area contributed by atoms with Gasteiger partial charge in [0.05, 0.1) is 5.92 Å². The summed E-state index contributed by atoms with van der Waals surface area (Å²) in [6.07, 6.45) is 11.8. The Labute approximate surface area is 133 Å². The molecule has 124 valence electrons. The smallest absolute Gasteiger partial charge is 0.306 e. The van der Waals surface area contributed by atoms with Crippen LogP contribution in [0.4, 0.5) is 0 Å². The molecule has 0 aromatic rings. The van der Waals surface area contributed by atoms with Crippen LogP contribution >= 0.6 is 0 Å². The predicted molar refractivity (Wildman–Crippen MR) is 84.3 cm³/mol. The lowest BCUT2D eigenvalue weighted by molar-refractivity contribution is -0.142. The zero-order valence-corrected chi connectivity index (χ0v) is 13.4. The SMILES string of the molecule is O=C(O)C1CCC(NC(=O)C2CCCC3CCCCC32)CC1. The Hall–Kier alpha value is -1.06. The summed E-state index contributed by atoms with van der Waals surface area (Å²) in [5, 5.41) is 12.3. The van der Waals surface area contributed by atoms with Crippen LogP contribution in [0.3, 0.4) is 0 Å². The molecule has 3 unspecified atom stereocenters. The van der Waals surface area contributed by atoms with Crippen molar-refractivity contribution in [2.45, 2.75) is 76.7 Å². The fraction of sp³-hybridized carbons (Fsp3) is 0.889. The Balaban J connectivity index is 1.52. The van der Waals surface area contributed by atoms with Crippen molar-refractivity contribution in [3.8, 4) is 0 Å². The average molecular weight is 307 g/mol. The monoisotopic (exact) mass is 307 g/mol. The minimum absolute atomic E-state index is 0.201. The molecule has 4 heteroatoms. The summed E-state index contributed by atoms with van der Waals surface area (Å²) < 4.78 is 0. The van der Waals surface area contributed by atoms with Crippen LogP contribution in [0.15, 0.2) is 0 Å². The van der Waals surface area contributed by atoms with Gasteiger partial charge in [-0.1, -0.05) is 32.1 Å². The Morgan fingerprint density at radius 1 is 0.818 bits per heavy atom. The van der Waals surface area contributed by atoms with Gasteiger partial charge >= 0.3 is 5.97 Å². The average Bonchev–Trinajstić information content (AvgIpc) is 2.54. The molecule has 3 fully saturated rings. The van der Waals surface area contributed by atoms with Gasteiger partial charge in [0.25, 0.3) is 0 Å². The number of amides is 1. The van der Waals surface area contributed by atoms with Gasteiger partial charge in [-0.2, -0.15) is 0 Å². The standard InChI is InChI=1S/C18H29NO3/c20-17(19-14-10-8-13(9-11-14)18(21)22)16-7-3-5-12-4-1-2-6-15(12)16/h12-16H,1-11H2,(H,19,20)(H,21,22). The summed E-state index contributed by atoms with van der Waals surface area (Å²) in [5.74, 6) is 0.984. The molecule has 0 radical (unpaired) electrons. The Bertz CT molecular complexity index is 413. The van der Waals surface area contributed by atoms with E-state index in [1.807, 2.05) is 0 Å². The topological polar surface area (TPSA) is 66.4 Å². The lowest BCUT2D eigenvalue weighted by atomic mass is 9.65. The molecule has 1 amide bonds. The number of carbonyl (C=O) groups excluding carboxylic acids is 1. The van der Waals surface area contributed by atoms with E-state index in [9.17, 15) is 9.59 Å². The molecular formula is C18H29NO3. The fourth-order valence-electron chi connectivity index (χ4n) is 5.06. The van der Waals surface area contributed by atoms with Crippen molar-refractivity contribution in [2.75, 3.05) is 0 Å². The van der Waals surface area contributed by atoms with Crippen LogP contribution in [0, 0.1) is 23.7 Å². The van der Waals surface area contributed by atoms with Crippen LogP contribution in [0.2, 0.25) is 0 Å². The van der Waals surface area contributed by atoms with Crippen LogP contribution in [0.1, 0.15) is 70.6 Å². The maximum atomic E-state index is 12.7. The summed E-state index contributed by atoms with van der Waals surface area (Å²) in [6.45, 7) is 0. The van der Waals surface area contributed by atoms with Crippen molar-refractivity contribution >= 4 is 11.9 Å². The molecule has 3 aliphatic rings. The number of nitrogens with one attached hydrogen (secondary N) is 1. The highest BCUT2D eigenvalue weighted by Gasteiger charge is 2.39. The second kappa shape index (κ2) is 7.01. The molecule has 0 aromatic carbocycles. The summed E-state index contributed by atoms with van der Waals surface area (Å²) in [4.78, 5) is 23.7. The van der Waals surface area contributed by atoms with Gasteiger partial charge in [-0.05, 0) is 50.4 Å². The number of carboxylic acids is 1. The Morgan fingerprint density at radius 3 is 2.23 bits per heavy atom. The molecule has 0 aliphatic heterocycles. The van der Waals surface area contributed by atoms with Crippen LogP contribution in [-0.2, 0) is 9.59 Å². The predicted octanol–water partition coefficient (Wildman–Crippen LogP) is 3.35. The lowest BCUT2D eigenvalue weighted by Crippen LogP contribution is -2.46. The van der Waals surface area contributed by atoms with Gasteiger partial charge < -0.3 is 10.4 Å². The molecule has 2 N–H and O–H groups in total. The maximum absolute atomic E-state index is 12.7. The summed E-state index contributed by atoms with van der Waals surface area (Å²) >= 11 is 0. The molecule has 3 aliphatic carbocycles. The number of carbonyl (C=O) groups is 2. The number of carboxylic acid groups (broad SMARTS) is 1. The van der Waals surface area contributed by atoms with Crippen molar-refractivity contribution in [2.24, 2.45) is 23.7 Å². The first kappa shape index (κ1) is 15.8. The number of fused-ring (bicyclic) bond motifs is 1. The molecule has 0 bridgehead atoms. The van der Waals surface area contributed by atoms with E-state index in [1.165, 1.54) is 38.5 Å². The molecule has 0 saturated heterocycles. The summed E-state index contributed by atoms with van der Waals surface area (Å²) in [5.41, 5.74) is 0. The van der Waals surface area contributed by atoms with Crippen LogP contribution in [-0.4, -0.2) is 23.0 Å². The number of hydrogen-bond acceptors (Lipinski definition) is 2. The van der Waals surface area contributed by atoms with Gasteiger partial charge in [-0.15, -0.1) is 0 Å². The highest BCUT2D eigenvalue weighted by Crippen LogP contribution is 2.44. The van der Waals surface area contributed by atoms with E-state index >= 15 is 0 Å². The van der Waals surface area contributed by atoms with Crippen LogP contribution in [0.5, 0.6) is 0 Å². The van der Waals surface area contributed by atoms with E-state index in [4.69, 9.17) is 5.11 Å². The van der Waals surface area contributed by atoms with Gasteiger partial charge in [-0.25, -0.2) is 0 Å². The van der Waals surface area contributed by atoms with Gasteiger partial charge in [0.15, 0.2) is 0 Å². The summed E-state index contributed by atoms with van der Waals surface area (Å²) in [6, 6.07) is 0.201. The van der Waals surface area contributed by atoms with Gasteiger partial charge in [-0.3, -0.25) is 9.59 Å². The second-order valence-electron chi connectivity index (χ2n) is 7.64. The third-order valence-corrected chi connectivity index (χ3v) is 6.33. The van der Waals surface area contributed by atoms with Crippen molar-refractivity contribution in [3.05, 3.63) is 0 Å². The van der Waals surface area contributed by atoms with Gasteiger partial charge in [0.2, 0.25) is 5.91 Å². The maximum Gasteiger partial charge on any atom is 0.306 e. The first-order valence-electron chi connectivity index (χ1n) is 9.18. The fourth-order valence-corrected chi connectivity index (χ4v) is 5.06. The third-order valence-electron chi connectivity index (χ3n) is 6.33. The molecule has 3 atom stereocenters. The van der Waals surface area contributed by atoms with Crippen LogP contribution < -0.4 is 5.32 Å². The molecule has 0 heterocycles. The molecule has 3 saturated carbocycles. The Kier molecular flexibility index (Phi) is 5.04. The van der Waals surface area contributed by atoms with Crippen molar-refractivity contribution in [3.63, 3.8) is 0 Å². The van der Waals surface area contributed by atoms with Gasteiger partial charge in [0.1, 0.15) is 0 Å². The van der Waals surface area contributed by atoms with E-state index < -0.39 is 5.97 Å². The second-order valence-corrected chi connectivity index (χ2v) is 7.64. The zero-order chi connectivity index (χ0) is 15.5. The number of hydrogen-bond donors (Lipinski definition) is 2. The zero-order valence-electron chi connectivity index (χ0n) is 13.4. The van der Waals surface area contributed by atoms with Crippen molar-refractivity contribution < 1.29 is 14.7 Å². The van der Waals surface area contributed by atoms with E-state index in [0.29, 0.717) is 18.8 Å². The third kappa shape index (κ3) is 3.47. The quantitative estimate of drug-likeness (QED) is 0.840. The van der Waals surface area contributed by atoms with E-state index in [-0.39, 0.29) is 23.8 Å². The number of rotatable bonds is 3. The first-order valence-corrected chi connectivity index (χ1v) is 9.18. The van der Waals surface area contributed by atoms with E-state index in [2.05, 4.69) is 5.32 Å². The molecule has 4 nitrogen and oxygen atoms in total. The van der Waals surface area contributed by atoms with E-state index in [1.54, 1.807) is 0 Å². The molecule has 0 spiro atoms. The highest BCUT2D eigenvalue weighted by atomic mass is 16.4. The van der Waals surface area contributed by atoms with Gasteiger partial charge in [0, 0.05) is 12.0 Å². The van der Waals surface area contributed by atoms with Crippen molar-refractivity contribution in [1.82, 2.24) is 5.32 Å². The van der Waals surface area contributed by atoms with Crippen molar-refractivity contribution in [1.29, 1.82) is 0 Å². The largest absolute Gasteiger partial charge is 0.481 e. The Morgan fingerprint density at radius 2 is 1.50 bits per heavy atom. The number of aliphatic carboxylic acids is 1. The summed E-state index contributed by atoms with van der Waals surface area (Å²) in [7, 11) is 0. The molecule has 3 rings (SSSR count). The lowest BCUT2D eigenvalue weighted by Gasteiger charge is -2.41. The minimum Gasteiger partial charge on any atom is -0.481 e. The molecular weight excluding hydrogens is 278 g/mol. The molecule has 22 heavy (non-hydrogen) atoms. The van der Waals surface area contributed by atoms with Crippen LogP contribution in [0.25, 0.3) is 0 Å². The highest BCUT2D eigenvalue weighted by molar-refractivity contribution is 5.79. The normalized spacial score (nSPS) is 38.8. The van der Waals surface area contributed by atoms with E-state index in [0.717, 1.165) is 25.2 Å².